The minimum absolute atomic E-state index is 0.0310. The first-order valence-electron chi connectivity index (χ1n) is 8.13. The van der Waals surface area contributed by atoms with Gasteiger partial charge in [0.15, 0.2) is 0 Å². The van der Waals surface area contributed by atoms with E-state index in [1.807, 2.05) is 0 Å². The Labute approximate surface area is 150 Å². The van der Waals surface area contributed by atoms with Gasteiger partial charge >= 0.3 is 5.97 Å². The van der Waals surface area contributed by atoms with Crippen LogP contribution in [0, 0.1) is 0 Å². The summed E-state index contributed by atoms with van der Waals surface area (Å²) in [4.78, 5) is 35.5. The molecule has 2 amide bonds. The predicted octanol–water partition coefficient (Wildman–Crippen LogP) is 2.71. The van der Waals surface area contributed by atoms with Crippen LogP contribution in [0.1, 0.15) is 39.1 Å². The molecule has 0 saturated carbocycles. The van der Waals surface area contributed by atoms with Crippen molar-refractivity contribution in [2.75, 3.05) is 17.7 Å². The third-order valence-electron chi connectivity index (χ3n) is 4.16. The number of phenolic OH excluding ortho intramolecular Hbond substituents is 1. The number of amides is 2. The van der Waals surface area contributed by atoms with Crippen molar-refractivity contribution < 1.29 is 24.2 Å². The molecule has 7 nitrogen and oxygen atoms in total. The Morgan fingerprint density at radius 2 is 1.88 bits per heavy atom. The Bertz CT molecular complexity index is 891. The number of anilines is 2. The summed E-state index contributed by atoms with van der Waals surface area (Å²) in [5, 5.41) is 15.4. The SMILES string of the molecule is COC(=O)c1ccc(NC(=O)c2ccc3c(c2)CCCC(=O)N3)c(O)c1. The quantitative estimate of drug-likeness (QED) is 0.581. The molecular formula is C19H18N2O5. The Hall–Kier alpha value is -3.35. The molecule has 3 N–H and O–H groups in total. The Morgan fingerprint density at radius 3 is 2.62 bits per heavy atom. The number of hydrogen-bond acceptors (Lipinski definition) is 5. The molecule has 3 rings (SSSR count). The molecule has 26 heavy (non-hydrogen) atoms. The molecule has 0 radical (unpaired) electrons. The monoisotopic (exact) mass is 354 g/mol. The van der Waals surface area contributed by atoms with Gasteiger partial charge in [0.25, 0.3) is 5.91 Å². The van der Waals surface area contributed by atoms with E-state index in [1.165, 1.54) is 25.3 Å². The predicted molar refractivity (Wildman–Crippen MR) is 95.4 cm³/mol. The zero-order chi connectivity index (χ0) is 18.7. The molecule has 1 aliphatic rings. The van der Waals surface area contributed by atoms with Crippen LogP contribution in [0.3, 0.4) is 0 Å². The highest BCUT2D eigenvalue weighted by Crippen LogP contribution is 2.27. The zero-order valence-electron chi connectivity index (χ0n) is 14.2. The van der Waals surface area contributed by atoms with Crippen molar-refractivity contribution in [2.45, 2.75) is 19.3 Å². The van der Waals surface area contributed by atoms with Crippen LogP contribution in [0.25, 0.3) is 0 Å². The Kier molecular flexibility index (Phi) is 4.88. The highest BCUT2D eigenvalue weighted by molar-refractivity contribution is 6.06. The molecule has 134 valence electrons. The first-order chi connectivity index (χ1) is 12.5. The third-order valence-corrected chi connectivity index (χ3v) is 4.16. The number of carbonyl (C=O) groups is 3. The highest BCUT2D eigenvalue weighted by atomic mass is 16.5. The van der Waals surface area contributed by atoms with Crippen molar-refractivity contribution in [3.8, 4) is 5.75 Å². The van der Waals surface area contributed by atoms with Gasteiger partial charge in [0.1, 0.15) is 5.75 Å². The van der Waals surface area contributed by atoms with E-state index < -0.39 is 11.9 Å². The second-order valence-electron chi connectivity index (χ2n) is 5.95. The number of rotatable bonds is 3. The van der Waals surface area contributed by atoms with Crippen LogP contribution in [-0.4, -0.2) is 30.0 Å². The van der Waals surface area contributed by atoms with Gasteiger partial charge in [-0.05, 0) is 54.8 Å². The number of carbonyl (C=O) groups excluding carboxylic acids is 3. The van der Waals surface area contributed by atoms with E-state index in [4.69, 9.17) is 0 Å². The zero-order valence-corrected chi connectivity index (χ0v) is 14.2. The first kappa shape index (κ1) is 17.5. The number of methoxy groups -OCH3 is 1. The van der Waals surface area contributed by atoms with Gasteiger partial charge in [-0.3, -0.25) is 9.59 Å². The average molecular weight is 354 g/mol. The van der Waals surface area contributed by atoms with E-state index in [1.54, 1.807) is 18.2 Å². The lowest BCUT2D eigenvalue weighted by Crippen LogP contribution is -2.13. The maximum atomic E-state index is 12.5. The minimum Gasteiger partial charge on any atom is -0.506 e. The fourth-order valence-electron chi connectivity index (χ4n) is 2.79. The van der Waals surface area contributed by atoms with Crippen molar-refractivity contribution in [1.29, 1.82) is 0 Å². The number of ether oxygens (including phenoxy) is 1. The average Bonchev–Trinajstić information content (AvgIpc) is 2.82. The fraction of sp³-hybridized carbons (Fsp3) is 0.211. The summed E-state index contributed by atoms with van der Waals surface area (Å²) in [6.07, 6.45) is 1.88. The molecule has 0 atom stereocenters. The lowest BCUT2D eigenvalue weighted by atomic mass is 10.0. The maximum Gasteiger partial charge on any atom is 0.337 e. The summed E-state index contributed by atoms with van der Waals surface area (Å²) in [6.45, 7) is 0. The van der Waals surface area contributed by atoms with E-state index in [0.717, 1.165) is 12.0 Å². The van der Waals surface area contributed by atoms with Crippen molar-refractivity contribution >= 4 is 29.2 Å². The molecule has 0 saturated heterocycles. The van der Waals surface area contributed by atoms with Crippen molar-refractivity contribution in [1.82, 2.24) is 0 Å². The molecule has 0 aromatic heterocycles. The van der Waals surface area contributed by atoms with Crippen LogP contribution in [0.15, 0.2) is 36.4 Å². The van der Waals surface area contributed by atoms with Gasteiger partial charge in [0.2, 0.25) is 5.91 Å². The number of esters is 1. The summed E-state index contributed by atoms with van der Waals surface area (Å²) >= 11 is 0. The smallest absolute Gasteiger partial charge is 0.337 e. The van der Waals surface area contributed by atoms with E-state index in [0.29, 0.717) is 24.1 Å². The number of fused-ring (bicyclic) bond motifs is 1. The molecule has 1 heterocycles. The molecule has 0 bridgehead atoms. The van der Waals surface area contributed by atoms with Gasteiger partial charge in [0.05, 0.1) is 18.4 Å². The number of hydrogen-bond donors (Lipinski definition) is 3. The largest absolute Gasteiger partial charge is 0.506 e. The molecule has 0 fully saturated rings. The normalized spacial score (nSPS) is 13.2. The van der Waals surface area contributed by atoms with Gasteiger partial charge in [-0.25, -0.2) is 4.79 Å². The second kappa shape index (κ2) is 7.26. The molecule has 1 aliphatic heterocycles. The Balaban J connectivity index is 1.79. The van der Waals surface area contributed by atoms with E-state index in [9.17, 15) is 19.5 Å². The minimum atomic E-state index is -0.578. The number of nitrogens with one attached hydrogen (secondary N) is 2. The second-order valence-corrected chi connectivity index (χ2v) is 5.95. The molecule has 2 aromatic rings. The van der Waals surface area contributed by atoms with Crippen molar-refractivity contribution in [3.63, 3.8) is 0 Å². The summed E-state index contributed by atoms with van der Waals surface area (Å²) in [5.41, 5.74) is 2.40. The number of aryl methyl sites for hydroxylation is 1. The standard InChI is InChI=1S/C19H18N2O5/c1-26-19(25)13-6-8-15(16(22)10-13)21-18(24)12-5-7-14-11(9-12)3-2-4-17(23)20-14/h5-10,22H,2-4H2,1H3,(H,20,23)(H,21,24). The van der Waals surface area contributed by atoms with Gasteiger partial charge in [-0.2, -0.15) is 0 Å². The van der Waals surface area contributed by atoms with Crippen LogP contribution in [0.2, 0.25) is 0 Å². The molecular weight excluding hydrogens is 336 g/mol. The molecule has 0 spiro atoms. The summed E-state index contributed by atoms with van der Waals surface area (Å²) in [6, 6.07) is 9.16. The number of aromatic hydroxyl groups is 1. The van der Waals surface area contributed by atoms with Crippen LogP contribution in [-0.2, 0) is 16.0 Å². The van der Waals surface area contributed by atoms with Gasteiger partial charge in [-0.1, -0.05) is 0 Å². The van der Waals surface area contributed by atoms with Gasteiger partial charge < -0.3 is 20.5 Å². The molecule has 2 aromatic carbocycles. The lowest BCUT2D eigenvalue weighted by Gasteiger charge is -2.11. The van der Waals surface area contributed by atoms with Crippen LogP contribution < -0.4 is 10.6 Å². The van der Waals surface area contributed by atoms with Crippen LogP contribution >= 0.6 is 0 Å². The summed E-state index contributed by atoms with van der Waals surface area (Å²) in [5.74, 6) is -1.24. The van der Waals surface area contributed by atoms with Crippen molar-refractivity contribution in [2.24, 2.45) is 0 Å². The molecule has 7 heteroatoms. The van der Waals surface area contributed by atoms with E-state index in [2.05, 4.69) is 15.4 Å². The van der Waals surface area contributed by atoms with Gasteiger partial charge in [-0.15, -0.1) is 0 Å². The van der Waals surface area contributed by atoms with E-state index in [-0.39, 0.29) is 22.9 Å². The third kappa shape index (κ3) is 3.66. The van der Waals surface area contributed by atoms with Crippen molar-refractivity contribution in [3.05, 3.63) is 53.1 Å². The topological polar surface area (TPSA) is 105 Å². The highest BCUT2D eigenvalue weighted by Gasteiger charge is 2.16. The number of phenols is 1. The fourth-order valence-corrected chi connectivity index (χ4v) is 2.79. The Morgan fingerprint density at radius 1 is 1.12 bits per heavy atom. The first-order valence-corrected chi connectivity index (χ1v) is 8.13. The van der Waals surface area contributed by atoms with Gasteiger partial charge in [0, 0.05) is 17.7 Å². The number of benzene rings is 2. The maximum absolute atomic E-state index is 12.5. The van der Waals surface area contributed by atoms with Crippen LogP contribution in [0.4, 0.5) is 11.4 Å². The van der Waals surface area contributed by atoms with E-state index >= 15 is 0 Å². The lowest BCUT2D eigenvalue weighted by molar-refractivity contribution is -0.116. The summed E-state index contributed by atoms with van der Waals surface area (Å²) < 4.78 is 4.58. The molecule has 0 unspecified atom stereocenters. The summed E-state index contributed by atoms with van der Waals surface area (Å²) in [7, 11) is 1.25. The van der Waals surface area contributed by atoms with Crippen LogP contribution in [0.5, 0.6) is 5.75 Å². The molecule has 0 aliphatic carbocycles.